The highest BCUT2D eigenvalue weighted by molar-refractivity contribution is 14.1. The number of carbonyl (C=O) groups excluding carboxylic acids is 2. The molecule has 144 valence electrons. The standard InChI is InChI=1S/C14H14IN5O6S/c1-7-16-12(19-14(17-7)26-3)18-13(22)20-27(23,24)10-5-9(15)4-8(6-21)11(10)25-2/h4-5,11H,1-3H3,(H2,16,17,18,19,20,22). The van der Waals surface area contributed by atoms with Crippen molar-refractivity contribution in [1.29, 1.82) is 0 Å². The molecule has 2 amide bonds. The van der Waals surface area contributed by atoms with Crippen molar-refractivity contribution in [3.8, 4) is 6.01 Å². The summed E-state index contributed by atoms with van der Waals surface area (Å²) in [7, 11) is -1.78. The normalized spacial score (nSPS) is 16.7. The monoisotopic (exact) mass is 507 g/mol. The molecular formula is C14H14IN5O6S. The Bertz CT molecular complexity index is 984. The van der Waals surface area contributed by atoms with E-state index >= 15 is 0 Å². The van der Waals surface area contributed by atoms with Crippen molar-refractivity contribution in [2.75, 3.05) is 19.5 Å². The number of carbonyl (C=O) groups is 1. The summed E-state index contributed by atoms with van der Waals surface area (Å²) in [6.45, 7) is 1.54. The third-order valence-electron chi connectivity index (χ3n) is 3.14. The van der Waals surface area contributed by atoms with Crippen molar-refractivity contribution in [2.24, 2.45) is 0 Å². The highest BCUT2D eigenvalue weighted by Gasteiger charge is 2.33. The topological polar surface area (TPSA) is 149 Å². The highest BCUT2D eigenvalue weighted by atomic mass is 127. The van der Waals surface area contributed by atoms with Gasteiger partial charge in [-0.25, -0.2) is 22.7 Å². The number of amides is 2. The van der Waals surface area contributed by atoms with E-state index in [-0.39, 0.29) is 28.3 Å². The fourth-order valence-electron chi connectivity index (χ4n) is 2.09. The van der Waals surface area contributed by atoms with Gasteiger partial charge in [-0.1, -0.05) is 0 Å². The van der Waals surface area contributed by atoms with Crippen molar-refractivity contribution in [1.82, 2.24) is 19.7 Å². The predicted molar refractivity (Wildman–Crippen MR) is 102 cm³/mol. The van der Waals surface area contributed by atoms with Crippen LogP contribution in [0.15, 0.2) is 26.2 Å². The maximum Gasteiger partial charge on any atom is 0.335 e. The van der Waals surface area contributed by atoms with Crippen LogP contribution in [0.4, 0.5) is 10.7 Å². The Hall–Kier alpha value is -2.35. The SMILES string of the molecule is COc1nc(C)nc(NC(=O)NS(=O)(=O)C2=CC(I)=CC(=C=O)C2OC)n1. The molecular weight excluding hydrogens is 493 g/mol. The van der Waals surface area contributed by atoms with Crippen LogP contribution in [0.3, 0.4) is 0 Å². The van der Waals surface area contributed by atoms with Gasteiger partial charge in [-0.05, 0) is 41.7 Å². The van der Waals surface area contributed by atoms with Crippen LogP contribution in [0.2, 0.25) is 0 Å². The van der Waals surface area contributed by atoms with Crippen molar-refractivity contribution in [2.45, 2.75) is 13.0 Å². The van der Waals surface area contributed by atoms with Gasteiger partial charge < -0.3 is 9.47 Å². The third kappa shape index (κ3) is 5.09. The summed E-state index contributed by atoms with van der Waals surface area (Å²) in [5.74, 6) is 1.70. The molecule has 0 bridgehead atoms. The lowest BCUT2D eigenvalue weighted by Gasteiger charge is -2.22. The number of hydrogen-bond donors (Lipinski definition) is 2. The number of ether oxygens (including phenoxy) is 2. The van der Waals surface area contributed by atoms with E-state index < -0.39 is 22.2 Å². The van der Waals surface area contributed by atoms with Crippen LogP contribution in [0.5, 0.6) is 6.01 Å². The van der Waals surface area contributed by atoms with E-state index in [0.29, 0.717) is 3.58 Å². The zero-order chi connectivity index (χ0) is 20.2. The van der Waals surface area contributed by atoms with E-state index in [1.807, 2.05) is 27.3 Å². The lowest BCUT2D eigenvalue weighted by atomic mass is 10.1. The number of anilines is 1. The number of nitrogens with one attached hydrogen (secondary N) is 2. The molecule has 1 aliphatic rings. The van der Waals surface area contributed by atoms with E-state index in [1.54, 1.807) is 12.9 Å². The fourth-order valence-corrected chi connectivity index (χ4v) is 4.17. The molecule has 1 atom stereocenters. The summed E-state index contributed by atoms with van der Waals surface area (Å²) in [5.41, 5.74) is -0.0111. The number of methoxy groups -OCH3 is 2. The molecule has 1 aromatic rings. The van der Waals surface area contributed by atoms with E-state index in [2.05, 4.69) is 20.3 Å². The Kier molecular flexibility index (Phi) is 6.64. The maximum absolute atomic E-state index is 12.6. The second-order valence-electron chi connectivity index (χ2n) is 5.00. The van der Waals surface area contributed by atoms with E-state index in [1.165, 1.54) is 26.4 Å². The van der Waals surface area contributed by atoms with Crippen molar-refractivity contribution < 1.29 is 27.5 Å². The number of hydrogen-bond acceptors (Lipinski definition) is 9. The first kappa shape index (κ1) is 21.0. The number of urea groups is 1. The Morgan fingerprint density at radius 3 is 2.56 bits per heavy atom. The lowest BCUT2D eigenvalue weighted by Crippen LogP contribution is -2.39. The molecule has 11 nitrogen and oxygen atoms in total. The molecule has 1 heterocycles. The molecule has 13 heteroatoms. The highest BCUT2D eigenvalue weighted by Crippen LogP contribution is 2.29. The van der Waals surface area contributed by atoms with Gasteiger partial charge in [0.05, 0.1) is 17.6 Å². The van der Waals surface area contributed by atoms with E-state index in [4.69, 9.17) is 9.47 Å². The summed E-state index contributed by atoms with van der Waals surface area (Å²) < 4.78 is 37.4. The third-order valence-corrected chi connectivity index (χ3v) is 5.17. The Morgan fingerprint density at radius 1 is 1.26 bits per heavy atom. The average Bonchev–Trinajstić information content (AvgIpc) is 2.59. The molecule has 0 aliphatic heterocycles. The molecule has 0 spiro atoms. The summed E-state index contributed by atoms with van der Waals surface area (Å²) in [4.78, 5) is 34.3. The molecule has 1 aromatic heterocycles. The quantitative estimate of drug-likeness (QED) is 0.432. The van der Waals surface area contributed by atoms with Crippen LogP contribution < -0.4 is 14.8 Å². The first-order valence-corrected chi connectivity index (χ1v) is 9.73. The molecule has 1 aliphatic carbocycles. The summed E-state index contributed by atoms with van der Waals surface area (Å²) in [6, 6.07) is -1.16. The van der Waals surface area contributed by atoms with Crippen LogP contribution in [0.25, 0.3) is 0 Å². The number of aromatic nitrogens is 3. The Labute approximate surface area is 168 Å². The van der Waals surface area contributed by atoms with Crippen molar-refractivity contribution in [3.63, 3.8) is 0 Å². The van der Waals surface area contributed by atoms with Crippen molar-refractivity contribution in [3.05, 3.63) is 32.0 Å². The minimum Gasteiger partial charge on any atom is -0.467 e. The van der Waals surface area contributed by atoms with Crippen LogP contribution in [0.1, 0.15) is 5.82 Å². The summed E-state index contributed by atoms with van der Waals surface area (Å²) in [5, 5.41) is 2.18. The molecule has 0 saturated heterocycles. The zero-order valence-electron chi connectivity index (χ0n) is 14.3. The minimum absolute atomic E-state index is 0.0111. The largest absolute Gasteiger partial charge is 0.467 e. The average molecular weight is 507 g/mol. The number of allylic oxidation sites excluding steroid dienone is 2. The molecule has 0 radical (unpaired) electrons. The fraction of sp³-hybridized carbons (Fsp3) is 0.286. The van der Waals surface area contributed by atoms with Crippen molar-refractivity contribution >= 4 is 50.5 Å². The first-order chi connectivity index (χ1) is 12.7. The number of nitrogens with zero attached hydrogens (tertiary/aromatic N) is 3. The Balaban J connectivity index is 2.25. The number of halogens is 1. The smallest absolute Gasteiger partial charge is 0.335 e. The molecule has 2 N–H and O–H groups in total. The van der Waals surface area contributed by atoms with Gasteiger partial charge in [0.2, 0.25) is 5.95 Å². The minimum atomic E-state index is -4.34. The van der Waals surface area contributed by atoms with Gasteiger partial charge in [0.1, 0.15) is 17.9 Å². The zero-order valence-corrected chi connectivity index (χ0v) is 17.3. The number of sulfonamides is 1. The number of aryl methyl sites for hydroxylation is 1. The van der Waals surface area contributed by atoms with E-state index in [9.17, 15) is 18.0 Å². The number of rotatable bonds is 5. The maximum atomic E-state index is 12.6. The van der Waals surface area contributed by atoms with Crippen LogP contribution in [0, 0.1) is 6.92 Å². The molecule has 0 fully saturated rings. The van der Waals surface area contributed by atoms with Crippen LogP contribution >= 0.6 is 22.6 Å². The lowest BCUT2D eigenvalue weighted by molar-refractivity contribution is 0.167. The van der Waals surface area contributed by atoms with Crippen LogP contribution in [-0.4, -0.2) is 55.7 Å². The summed E-state index contributed by atoms with van der Waals surface area (Å²) >= 11 is 1.84. The second kappa shape index (κ2) is 8.56. The van der Waals surface area contributed by atoms with Gasteiger partial charge in [0.15, 0.2) is 0 Å². The molecule has 27 heavy (non-hydrogen) atoms. The van der Waals surface area contributed by atoms with Gasteiger partial charge in [-0.15, -0.1) is 0 Å². The molecule has 0 saturated carbocycles. The second-order valence-corrected chi connectivity index (χ2v) is 7.93. The molecule has 2 rings (SSSR count). The van der Waals surface area contributed by atoms with Gasteiger partial charge >= 0.3 is 12.0 Å². The molecule has 1 unspecified atom stereocenters. The van der Waals surface area contributed by atoms with Gasteiger partial charge in [0.25, 0.3) is 10.0 Å². The summed E-state index contributed by atoms with van der Waals surface area (Å²) in [6.07, 6.45) is 1.52. The van der Waals surface area contributed by atoms with Gasteiger partial charge in [-0.3, -0.25) is 5.32 Å². The van der Waals surface area contributed by atoms with Gasteiger partial charge in [-0.2, -0.15) is 15.0 Å². The van der Waals surface area contributed by atoms with Crippen LogP contribution in [-0.2, 0) is 19.6 Å². The first-order valence-electron chi connectivity index (χ1n) is 7.17. The predicted octanol–water partition coefficient (Wildman–Crippen LogP) is 0.629. The molecule has 0 aromatic carbocycles. The Morgan fingerprint density at radius 2 is 1.96 bits per heavy atom. The van der Waals surface area contributed by atoms with E-state index in [0.717, 1.165) is 0 Å². The van der Waals surface area contributed by atoms with Gasteiger partial charge in [0, 0.05) is 10.7 Å².